The summed E-state index contributed by atoms with van der Waals surface area (Å²) in [6.07, 6.45) is 1.61. The first-order valence-electron chi connectivity index (χ1n) is 6.04. The van der Waals surface area contributed by atoms with Gasteiger partial charge in [-0.2, -0.15) is 0 Å². The molecule has 1 aliphatic rings. The highest BCUT2D eigenvalue weighted by atomic mass is 19.1. The van der Waals surface area contributed by atoms with Gasteiger partial charge in [0.2, 0.25) is 5.95 Å². The van der Waals surface area contributed by atoms with Crippen molar-refractivity contribution >= 4 is 17.7 Å². The zero-order valence-electron chi connectivity index (χ0n) is 10.5. The predicted molar refractivity (Wildman–Crippen MR) is 71.1 cm³/mol. The highest BCUT2D eigenvalue weighted by molar-refractivity contribution is 5.89. The van der Waals surface area contributed by atoms with Crippen LogP contribution in [0.15, 0.2) is 30.5 Å². The van der Waals surface area contributed by atoms with Crippen molar-refractivity contribution in [2.45, 2.75) is 13.1 Å². The minimum Gasteiger partial charge on any atom is -0.368 e. The molecule has 20 heavy (non-hydrogen) atoms. The lowest BCUT2D eigenvalue weighted by atomic mass is 10.3. The van der Waals surface area contributed by atoms with Gasteiger partial charge in [-0.25, -0.2) is 19.2 Å². The van der Waals surface area contributed by atoms with Crippen LogP contribution in [0.2, 0.25) is 0 Å². The molecule has 0 radical (unpaired) electrons. The fourth-order valence-electron chi connectivity index (χ4n) is 2.07. The summed E-state index contributed by atoms with van der Waals surface area (Å²) in [5, 5.41) is 2.53. The summed E-state index contributed by atoms with van der Waals surface area (Å²) in [4.78, 5) is 21.6. The number of amides is 2. The molecule has 0 atom stereocenters. The number of para-hydroxylation sites is 1. The maximum absolute atomic E-state index is 13.5. The lowest BCUT2D eigenvalue weighted by Gasteiger charge is -2.16. The topological polar surface area (TPSA) is 84.1 Å². The van der Waals surface area contributed by atoms with Crippen molar-refractivity contribution < 1.29 is 9.18 Å². The molecule has 0 saturated carbocycles. The molecule has 1 aromatic carbocycles. The van der Waals surface area contributed by atoms with E-state index in [-0.39, 0.29) is 17.7 Å². The van der Waals surface area contributed by atoms with Crippen LogP contribution in [0.4, 0.5) is 20.8 Å². The fraction of sp³-hybridized carbons (Fsp3) is 0.154. The number of nitrogen functional groups attached to an aromatic ring is 1. The van der Waals surface area contributed by atoms with Crippen molar-refractivity contribution in [3.8, 4) is 0 Å². The van der Waals surface area contributed by atoms with Gasteiger partial charge in [0.05, 0.1) is 24.5 Å². The molecule has 0 fully saturated rings. The van der Waals surface area contributed by atoms with Crippen LogP contribution in [0.1, 0.15) is 11.3 Å². The van der Waals surface area contributed by atoms with Crippen LogP contribution in [0.3, 0.4) is 0 Å². The second kappa shape index (κ2) is 4.76. The average Bonchev–Trinajstić information content (AvgIpc) is 2.84. The molecular formula is C13H12FN5O. The molecule has 7 heteroatoms. The molecule has 0 bridgehead atoms. The number of fused-ring (bicyclic) bond motifs is 1. The zero-order chi connectivity index (χ0) is 14.1. The highest BCUT2D eigenvalue weighted by Gasteiger charge is 2.25. The first-order chi connectivity index (χ1) is 9.63. The molecule has 102 valence electrons. The molecule has 1 aromatic heterocycles. The first-order valence-corrected chi connectivity index (χ1v) is 6.04. The Hall–Kier alpha value is -2.70. The summed E-state index contributed by atoms with van der Waals surface area (Å²) in [7, 11) is 0. The summed E-state index contributed by atoms with van der Waals surface area (Å²) in [6, 6.07) is 5.64. The number of hydrogen-bond acceptors (Lipinski definition) is 4. The summed E-state index contributed by atoms with van der Waals surface area (Å²) < 4.78 is 13.5. The van der Waals surface area contributed by atoms with Gasteiger partial charge in [0.15, 0.2) is 0 Å². The van der Waals surface area contributed by atoms with Crippen molar-refractivity contribution in [2.24, 2.45) is 0 Å². The van der Waals surface area contributed by atoms with Crippen LogP contribution in [0.5, 0.6) is 0 Å². The van der Waals surface area contributed by atoms with E-state index in [2.05, 4.69) is 15.3 Å². The number of hydrogen-bond donors (Lipinski definition) is 2. The van der Waals surface area contributed by atoms with Crippen molar-refractivity contribution in [3.63, 3.8) is 0 Å². The Labute approximate surface area is 114 Å². The summed E-state index contributed by atoms with van der Waals surface area (Å²) in [5.41, 5.74) is 7.23. The van der Waals surface area contributed by atoms with Crippen molar-refractivity contribution in [1.82, 2.24) is 14.9 Å². The number of aromatic nitrogens is 2. The third kappa shape index (κ3) is 2.25. The second-order valence-electron chi connectivity index (χ2n) is 4.47. The fourth-order valence-corrected chi connectivity index (χ4v) is 2.07. The number of nitrogens with two attached hydrogens (primary N) is 1. The highest BCUT2D eigenvalue weighted by Crippen LogP contribution is 2.22. The Morgan fingerprint density at radius 1 is 1.35 bits per heavy atom. The minimum absolute atomic E-state index is 0.152. The van der Waals surface area contributed by atoms with E-state index in [1.54, 1.807) is 18.3 Å². The van der Waals surface area contributed by atoms with E-state index < -0.39 is 5.82 Å². The summed E-state index contributed by atoms with van der Waals surface area (Å²) in [6.45, 7) is 0.720. The van der Waals surface area contributed by atoms with E-state index in [0.717, 1.165) is 11.3 Å². The van der Waals surface area contributed by atoms with E-state index >= 15 is 0 Å². The van der Waals surface area contributed by atoms with Crippen LogP contribution in [-0.2, 0) is 13.1 Å². The monoisotopic (exact) mass is 273 g/mol. The molecule has 1 aliphatic heterocycles. The molecular weight excluding hydrogens is 261 g/mol. The van der Waals surface area contributed by atoms with E-state index in [0.29, 0.717) is 13.1 Å². The smallest absolute Gasteiger partial charge is 0.322 e. The number of nitrogens with one attached hydrogen (secondary N) is 1. The van der Waals surface area contributed by atoms with Gasteiger partial charge in [-0.1, -0.05) is 12.1 Å². The molecule has 0 unspecified atom stereocenters. The number of rotatable bonds is 1. The molecule has 3 N–H and O–H groups in total. The average molecular weight is 273 g/mol. The Bertz CT molecular complexity index is 676. The standard InChI is InChI=1S/C13H12FN5O/c14-9-3-1-2-4-10(9)18-13(20)19-6-8-5-16-12(15)17-11(8)7-19/h1-5H,6-7H2,(H,18,20)(H2,15,16,17). The maximum Gasteiger partial charge on any atom is 0.322 e. The van der Waals surface area contributed by atoms with E-state index in [1.807, 2.05) is 0 Å². The lowest BCUT2D eigenvalue weighted by Crippen LogP contribution is -2.30. The van der Waals surface area contributed by atoms with Crippen LogP contribution >= 0.6 is 0 Å². The van der Waals surface area contributed by atoms with Gasteiger partial charge in [0, 0.05) is 11.8 Å². The lowest BCUT2D eigenvalue weighted by molar-refractivity contribution is 0.212. The summed E-state index contributed by atoms with van der Waals surface area (Å²) >= 11 is 0. The SMILES string of the molecule is Nc1ncc2c(n1)CN(C(=O)Nc1ccccc1F)C2. The van der Waals surface area contributed by atoms with E-state index in [9.17, 15) is 9.18 Å². The van der Waals surface area contributed by atoms with Crippen LogP contribution in [-0.4, -0.2) is 20.9 Å². The molecule has 2 amide bonds. The molecule has 0 saturated heterocycles. The molecule has 6 nitrogen and oxygen atoms in total. The molecule has 0 aliphatic carbocycles. The van der Waals surface area contributed by atoms with E-state index in [1.165, 1.54) is 17.0 Å². The van der Waals surface area contributed by atoms with Gasteiger partial charge in [0.1, 0.15) is 5.82 Å². The van der Waals surface area contributed by atoms with Crippen LogP contribution in [0, 0.1) is 5.82 Å². The second-order valence-corrected chi connectivity index (χ2v) is 4.47. The van der Waals surface area contributed by atoms with Crippen LogP contribution in [0.25, 0.3) is 0 Å². The number of nitrogens with zero attached hydrogens (tertiary/aromatic N) is 3. The predicted octanol–water partition coefficient (Wildman–Crippen LogP) is 1.75. The van der Waals surface area contributed by atoms with Crippen molar-refractivity contribution in [2.75, 3.05) is 11.1 Å². The largest absolute Gasteiger partial charge is 0.368 e. The maximum atomic E-state index is 13.5. The Balaban J connectivity index is 1.73. The van der Waals surface area contributed by atoms with Gasteiger partial charge in [-0.15, -0.1) is 0 Å². The van der Waals surface area contributed by atoms with Crippen molar-refractivity contribution in [3.05, 3.63) is 47.5 Å². The molecule has 0 spiro atoms. The van der Waals surface area contributed by atoms with Crippen molar-refractivity contribution in [1.29, 1.82) is 0 Å². The number of carbonyl (C=O) groups is 1. The number of benzene rings is 1. The van der Waals surface area contributed by atoms with Gasteiger partial charge in [-0.05, 0) is 12.1 Å². The van der Waals surface area contributed by atoms with Gasteiger partial charge in [0.25, 0.3) is 0 Å². The molecule has 3 rings (SSSR count). The normalized spacial score (nSPS) is 13.2. The number of halogens is 1. The Morgan fingerprint density at radius 3 is 2.95 bits per heavy atom. The number of carbonyl (C=O) groups excluding carboxylic acids is 1. The van der Waals surface area contributed by atoms with Gasteiger partial charge >= 0.3 is 6.03 Å². The Morgan fingerprint density at radius 2 is 2.15 bits per heavy atom. The molecule has 2 aromatic rings. The third-order valence-electron chi connectivity index (χ3n) is 3.08. The van der Waals surface area contributed by atoms with Gasteiger partial charge < -0.3 is 16.0 Å². The Kier molecular flexibility index (Phi) is 2.94. The molecule has 2 heterocycles. The van der Waals surface area contributed by atoms with E-state index in [4.69, 9.17) is 5.73 Å². The number of urea groups is 1. The van der Waals surface area contributed by atoms with Gasteiger partial charge in [-0.3, -0.25) is 0 Å². The number of anilines is 2. The zero-order valence-corrected chi connectivity index (χ0v) is 10.5. The minimum atomic E-state index is -0.471. The summed E-state index contributed by atoms with van der Waals surface area (Å²) in [5.74, 6) is -0.290. The van der Waals surface area contributed by atoms with Crippen LogP contribution < -0.4 is 11.1 Å². The quantitative estimate of drug-likeness (QED) is 0.829. The first kappa shape index (κ1) is 12.3. The third-order valence-corrected chi connectivity index (χ3v) is 3.08.